The van der Waals surface area contributed by atoms with Crippen LogP contribution in [0.15, 0.2) is 65.1 Å². The number of nitrogens with zero attached hydrogens (tertiary/aromatic N) is 1. The van der Waals surface area contributed by atoms with Gasteiger partial charge in [-0.2, -0.15) is 0 Å². The molecule has 28 heavy (non-hydrogen) atoms. The van der Waals surface area contributed by atoms with Crippen LogP contribution in [0.5, 0.6) is 0 Å². The molecule has 5 nitrogen and oxygen atoms in total. The molecule has 0 saturated carbocycles. The van der Waals surface area contributed by atoms with Crippen LogP contribution < -0.4 is 10.2 Å². The van der Waals surface area contributed by atoms with Crippen molar-refractivity contribution in [3.05, 3.63) is 77.8 Å². The molecule has 1 amide bonds. The maximum Gasteiger partial charge on any atom is 0.287 e. The van der Waals surface area contributed by atoms with E-state index in [9.17, 15) is 9.18 Å². The number of hydrogen-bond donors (Lipinski definition) is 1. The normalized spacial score (nSPS) is 14.1. The van der Waals surface area contributed by atoms with Gasteiger partial charge in [0.2, 0.25) is 0 Å². The Morgan fingerprint density at radius 2 is 1.75 bits per heavy atom. The van der Waals surface area contributed by atoms with Gasteiger partial charge in [-0.1, -0.05) is 24.3 Å². The molecule has 1 fully saturated rings. The number of anilines is 1. The lowest BCUT2D eigenvalue weighted by atomic mass is 10.1. The lowest BCUT2D eigenvalue weighted by Crippen LogP contribution is -2.36. The molecule has 0 atom stereocenters. The zero-order chi connectivity index (χ0) is 19.3. The van der Waals surface area contributed by atoms with Gasteiger partial charge in [-0.15, -0.1) is 0 Å². The number of carbonyl (C=O) groups excluding carboxylic acids is 1. The minimum absolute atomic E-state index is 0.156. The third kappa shape index (κ3) is 4.07. The van der Waals surface area contributed by atoms with E-state index >= 15 is 0 Å². The number of amides is 1. The zero-order valence-electron chi connectivity index (χ0n) is 15.4. The summed E-state index contributed by atoms with van der Waals surface area (Å²) < 4.78 is 24.7. The molecular weight excluding hydrogens is 359 g/mol. The van der Waals surface area contributed by atoms with Gasteiger partial charge in [0.1, 0.15) is 11.6 Å². The molecule has 0 radical (unpaired) electrons. The Bertz CT molecular complexity index is 946. The maximum absolute atomic E-state index is 13.9. The second-order valence-electron chi connectivity index (χ2n) is 6.59. The molecule has 1 aromatic heterocycles. The highest BCUT2D eigenvalue weighted by atomic mass is 19.1. The fourth-order valence-electron chi connectivity index (χ4n) is 3.18. The van der Waals surface area contributed by atoms with Gasteiger partial charge in [-0.3, -0.25) is 4.79 Å². The predicted octanol–water partition coefficient (Wildman–Crippen LogP) is 3.85. The first-order valence-electron chi connectivity index (χ1n) is 9.25. The Morgan fingerprint density at radius 1 is 1.00 bits per heavy atom. The minimum atomic E-state index is -0.385. The molecule has 0 aliphatic carbocycles. The first kappa shape index (κ1) is 18.3. The van der Waals surface area contributed by atoms with Crippen LogP contribution in [0.2, 0.25) is 0 Å². The van der Waals surface area contributed by atoms with Crippen LogP contribution >= 0.6 is 0 Å². The number of benzene rings is 2. The highest BCUT2D eigenvalue weighted by Crippen LogP contribution is 2.24. The van der Waals surface area contributed by atoms with Gasteiger partial charge in [-0.25, -0.2) is 4.39 Å². The number of halogens is 1. The largest absolute Gasteiger partial charge is 0.451 e. The third-order valence-electron chi connectivity index (χ3n) is 4.73. The Balaban J connectivity index is 1.36. The Morgan fingerprint density at radius 3 is 2.50 bits per heavy atom. The van der Waals surface area contributed by atoms with Gasteiger partial charge >= 0.3 is 0 Å². The average Bonchev–Trinajstić information content (AvgIpc) is 3.23. The molecule has 1 aliphatic rings. The predicted molar refractivity (Wildman–Crippen MR) is 105 cm³/mol. The summed E-state index contributed by atoms with van der Waals surface area (Å²) in [5.41, 5.74) is 2.48. The minimum Gasteiger partial charge on any atom is -0.451 e. The molecule has 4 rings (SSSR count). The van der Waals surface area contributed by atoms with Gasteiger partial charge < -0.3 is 19.4 Å². The Kier molecular flexibility index (Phi) is 5.39. The van der Waals surface area contributed by atoms with Crippen LogP contribution in [0.3, 0.4) is 0 Å². The molecular formula is C22H21FN2O3. The summed E-state index contributed by atoms with van der Waals surface area (Å²) in [6.45, 7) is 3.65. The van der Waals surface area contributed by atoms with Crippen molar-refractivity contribution in [2.45, 2.75) is 6.54 Å². The number of rotatable bonds is 5. The van der Waals surface area contributed by atoms with Crippen molar-refractivity contribution in [2.24, 2.45) is 0 Å². The average molecular weight is 380 g/mol. The second-order valence-corrected chi connectivity index (χ2v) is 6.59. The van der Waals surface area contributed by atoms with Crippen molar-refractivity contribution in [1.29, 1.82) is 0 Å². The monoisotopic (exact) mass is 380 g/mol. The quantitative estimate of drug-likeness (QED) is 0.731. The molecule has 2 aromatic carbocycles. The smallest absolute Gasteiger partial charge is 0.287 e. The maximum atomic E-state index is 13.9. The van der Waals surface area contributed by atoms with E-state index in [1.807, 2.05) is 12.1 Å². The third-order valence-corrected chi connectivity index (χ3v) is 4.73. The molecule has 0 spiro atoms. The topological polar surface area (TPSA) is 54.7 Å². The SMILES string of the molecule is O=C(NCc1ccc(N2CCOCC2)cc1)c1ccc(-c2ccccc2F)o1. The Hall–Kier alpha value is -3.12. The molecule has 0 bridgehead atoms. The van der Waals surface area contributed by atoms with Gasteiger partial charge in [-0.05, 0) is 42.0 Å². The van der Waals surface area contributed by atoms with Crippen LogP contribution in [0, 0.1) is 5.82 Å². The number of morpholine rings is 1. The second kappa shape index (κ2) is 8.27. The van der Waals surface area contributed by atoms with Crippen LogP contribution in [-0.4, -0.2) is 32.2 Å². The van der Waals surface area contributed by atoms with Crippen LogP contribution in [-0.2, 0) is 11.3 Å². The summed E-state index contributed by atoms with van der Waals surface area (Å²) in [6, 6.07) is 17.6. The van der Waals surface area contributed by atoms with E-state index in [0.717, 1.165) is 37.6 Å². The fraction of sp³-hybridized carbons (Fsp3) is 0.227. The van der Waals surface area contributed by atoms with Gasteiger partial charge in [0.05, 0.1) is 18.8 Å². The van der Waals surface area contributed by atoms with Crippen molar-refractivity contribution < 1.29 is 18.3 Å². The molecule has 2 heterocycles. The lowest BCUT2D eigenvalue weighted by molar-refractivity contribution is 0.0924. The number of ether oxygens (including phenoxy) is 1. The Labute approximate surface area is 162 Å². The molecule has 6 heteroatoms. The molecule has 144 valence electrons. The molecule has 1 aliphatic heterocycles. The standard InChI is InChI=1S/C22H21FN2O3/c23-19-4-2-1-3-18(19)20-9-10-21(28-20)22(26)24-15-16-5-7-17(8-6-16)25-11-13-27-14-12-25/h1-10H,11-15H2,(H,24,26). The van der Waals surface area contributed by atoms with E-state index in [4.69, 9.17) is 9.15 Å². The van der Waals surface area contributed by atoms with Crippen molar-refractivity contribution >= 4 is 11.6 Å². The first-order chi connectivity index (χ1) is 13.7. The molecule has 3 aromatic rings. The number of hydrogen-bond acceptors (Lipinski definition) is 4. The van der Waals surface area contributed by atoms with Crippen molar-refractivity contribution in [1.82, 2.24) is 5.32 Å². The van der Waals surface area contributed by atoms with Crippen LogP contribution in [0.25, 0.3) is 11.3 Å². The number of nitrogens with one attached hydrogen (secondary N) is 1. The van der Waals surface area contributed by atoms with E-state index < -0.39 is 0 Å². The summed E-state index contributed by atoms with van der Waals surface area (Å²) in [5, 5.41) is 2.83. The lowest BCUT2D eigenvalue weighted by Gasteiger charge is -2.28. The summed E-state index contributed by atoms with van der Waals surface area (Å²) in [7, 11) is 0. The van der Waals surface area contributed by atoms with Crippen LogP contribution in [0.1, 0.15) is 16.1 Å². The highest BCUT2D eigenvalue weighted by molar-refractivity contribution is 5.92. The van der Waals surface area contributed by atoms with E-state index in [2.05, 4.69) is 22.3 Å². The van der Waals surface area contributed by atoms with Gasteiger partial charge in [0.15, 0.2) is 5.76 Å². The molecule has 1 N–H and O–H groups in total. The first-order valence-corrected chi connectivity index (χ1v) is 9.25. The highest BCUT2D eigenvalue weighted by Gasteiger charge is 2.14. The van der Waals surface area contributed by atoms with E-state index in [1.165, 1.54) is 6.07 Å². The van der Waals surface area contributed by atoms with Crippen molar-refractivity contribution in [2.75, 3.05) is 31.2 Å². The van der Waals surface area contributed by atoms with Gasteiger partial charge in [0.25, 0.3) is 5.91 Å². The van der Waals surface area contributed by atoms with Crippen LogP contribution in [0.4, 0.5) is 10.1 Å². The fourth-order valence-corrected chi connectivity index (χ4v) is 3.18. The number of furan rings is 1. The van der Waals surface area contributed by atoms with E-state index in [-0.39, 0.29) is 17.5 Å². The van der Waals surface area contributed by atoms with E-state index in [0.29, 0.717) is 17.9 Å². The van der Waals surface area contributed by atoms with Gasteiger partial charge in [0, 0.05) is 25.3 Å². The van der Waals surface area contributed by atoms with Crippen molar-refractivity contribution in [3.8, 4) is 11.3 Å². The summed E-state index contributed by atoms with van der Waals surface area (Å²) in [6.07, 6.45) is 0. The zero-order valence-corrected chi connectivity index (χ0v) is 15.4. The van der Waals surface area contributed by atoms with Crippen molar-refractivity contribution in [3.63, 3.8) is 0 Å². The summed E-state index contributed by atoms with van der Waals surface area (Å²) >= 11 is 0. The summed E-state index contributed by atoms with van der Waals surface area (Å²) in [4.78, 5) is 14.6. The summed E-state index contributed by atoms with van der Waals surface area (Å²) in [5.74, 6) is -0.231. The molecule has 1 saturated heterocycles. The van der Waals surface area contributed by atoms with E-state index in [1.54, 1.807) is 30.3 Å². The number of carbonyl (C=O) groups is 1. The molecule has 0 unspecified atom stereocenters.